The van der Waals surface area contributed by atoms with E-state index < -0.39 is 6.10 Å². The highest BCUT2D eigenvalue weighted by molar-refractivity contribution is 5.75. The molecule has 2 aromatic rings. The fourth-order valence-corrected chi connectivity index (χ4v) is 3.12. The number of carbonyl (C=O) groups excluding carboxylic acids is 1. The van der Waals surface area contributed by atoms with Gasteiger partial charge >= 0.3 is 0 Å². The summed E-state index contributed by atoms with van der Waals surface area (Å²) in [6, 6.07) is 1.94. The van der Waals surface area contributed by atoms with Crippen molar-refractivity contribution in [3.05, 3.63) is 24.0 Å². The lowest BCUT2D eigenvalue weighted by Gasteiger charge is -2.17. The maximum Gasteiger partial charge on any atom is 0.222 e. The Morgan fingerprint density at radius 2 is 2.25 bits per heavy atom. The smallest absolute Gasteiger partial charge is 0.222 e. The summed E-state index contributed by atoms with van der Waals surface area (Å²) in [6.45, 7) is 1.94. The second-order valence-corrected chi connectivity index (χ2v) is 6.66. The maximum absolute atomic E-state index is 11.9. The summed E-state index contributed by atoms with van der Waals surface area (Å²) >= 11 is 0. The van der Waals surface area contributed by atoms with Crippen molar-refractivity contribution in [2.45, 2.75) is 19.1 Å². The number of H-pyrrole nitrogens is 1. The van der Waals surface area contributed by atoms with Crippen LogP contribution in [0.25, 0.3) is 11.4 Å². The second-order valence-electron chi connectivity index (χ2n) is 6.66. The number of aliphatic hydroxyl groups is 1. The molecular formula is C16H24N6O2. The molecule has 8 nitrogen and oxygen atoms in total. The number of hydrogen-bond donors (Lipinski definition) is 2. The van der Waals surface area contributed by atoms with Crippen LogP contribution in [-0.4, -0.2) is 74.1 Å². The van der Waals surface area contributed by atoms with E-state index in [0.717, 1.165) is 17.0 Å². The van der Waals surface area contributed by atoms with Gasteiger partial charge in [-0.3, -0.25) is 19.5 Å². The van der Waals surface area contributed by atoms with E-state index in [1.54, 1.807) is 29.9 Å². The summed E-state index contributed by atoms with van der Waals surface area (Å²) in [5.74, 6) is 0.0310. The van der Waals surface area contributed by atoms with Crippen LogP contribution < -0.4 is 0 Å². The van der Waals surface area contributed by atoms with E-state index >= 15 is 0 Å². The molecule has 24 heavy (non-hydrogen) atoms. The van der Waals surface area contributed by atoms with Crippen molar-refractivity contribution < 1.29 is 9.90 Å². The fraction of sp³-hybridized carbons (Fsp3) is 0.562. The third-order valence-corrected chi connectivity index (χ3v) is 4.50. The zero-order chi connectivity index (χ0) is 17.3. The van der Waals surface area contributed by atoms with E-state index in [2.05, 4.69) is 20.2 Å². The van der Waals surface area contributed by atoms with Crippen molar-refractivity contribution in [1.82, 2.24) is 29.8 Å². The Kier molecular flexibility index (Phi) is 4.68. The minimum absolute atomic E-state index is 0.0231. The van der Waals surface area contributed by atoms with Gasteiger partial charge < -0.3 is 10.0 Å². The highest BCUT2D eigenvalue weighted by Crippen LogP contribution is 2.25. The van der Waals surface area contributed by atoms with E-state index in [1.807, 2.05) is 19.3 Å². The predicted molar refractivity (Wildman–Crippen MR) is 88.9 cm³/mol. The number of amides is 1. The van der Waals surface area contributed by atoms with Gasteiger partial charge in [-0.05, 0) is 6.07 Å². The number of likely N-dealkylation sites (tertiary alicyclic amines) is 1. The molecule has 2 N–H and O–H groups in total. The van der Waals surface area contributed by atoms with Crippen LogP contribution in [0.15, 0.2) is 18.5 Å². The van der Waals surface area contributed by atoms with Crippen LogP contribution >= 0.6 is 0 Å². The topological polar surface area (TPSA) is 90.3 Å². The number of carbonyl (C=O) groups is 1. The quantitative estimate of drug-likeness (QED) is 0.809. The molecular weight excluding hydrogens is 308 g/mol. The second kappa shape index (κ2) is 6.74. The molecule has 0 saturated carbocycles. The van der Waals surface area contributed by atoms with Gasteiger partial charge in [-0.1, -0.05) is 0 Å². The standard InChI is InChI=1S/C16H24N6O2/c1-20(2)15(24)6-11-8-22(10-14(11)23)9-12-7-17-18-16(12)13-4-5-21(3)19-13/h4-5,7,11,14,23H,6,8-10H2,1-3H3,(H,17,18)/t11-,14-/m1/s1. The number of aromatic amines is 1. The summed E-state index contributed by atoms with van der Waals surface area (Å²) < 4.78 is 1.75. The van der Waals surface area contributed by atoms with Gasteiger partial charge in [0, 0.05) is 64.9 Å². The Bertz CT molecular complexity index is 707. The predicted octanol–water partition coefficient (Wildman–Crippen LogP) is 0.0812. The number of aryl methyl sites for hydroxylation is 1. The van der Waals surface area contributed by atoms with Gasteiger partial charge in [0.2, 0.25) is 5.91 Å². The molecule has 0 bridgehead atoms. The molecule has 3 rings (SSSR count). The van der Waals surface area contributed by atoms with Crippen LogP contribution in [0.5, 0.6) is 0 Å². The van der Waals surface area contributed by atoms with Crippen molar-refractivity contribution in [3.63, 3.8) is 0 Å². The van der Waals surface area contributed by atoms with Gasteiger partial charge in [0.05, 0.1) is 18.0 Å². The molecule has 1 fully saturated rings. The van der Waals surface area contributed by atoms with Crippen LogP contribution in [-0.2, 0) is 18.4 Å². The molecule has 2 aromatic heterocycles. The average molecular weight is 332 g/mol. The molecule has 8 heteroatoms. The summed E-state index contributed by atoms with van der Waals surface area (Å²) in [7, 11) is 5.36. The zero-order valence-electron chi connectivity index (χ0n) is 14.3. The third-order valence-electron chi connectivity index (χ3n) is 4.50. The summed E-state index contributed by atoms with van der Waals surface area (Å²) in [6.07, 6.45) is 3.60. The first-order valence-corrected chi connectivity index (χ1v) is 8.07. The first kappa shape index (κ1) is 16.7. The fourth-order valence-electron chi connectivity index (χ4n) is 3.12. The van der Waals surface area contributed by atoms with Gasteiger partial charge in [0.25, 0.3) is 0 Å². The van der Waals surface area contributed by atoms with Crippen LogP contribution in [0.4, 0.5) is 0 Å². The maximum atomic E-state index is 11.9. The number of aliphatic hydroxyl groups excluding tert-OH is 1. The van der Waals surface area contributed by atoms with Crippen molar-refractivity contribution in [2.75, 3.05) is 27.2 Å². The highest BCUT2D eigenvalue weighted by Gasteiger charge is 2.33. The molecule has 0 radical (unpaired) electrons. The van der Waals surface area contributed by atoms with Gasteiger partial charge in [-0.25, -0.2) is 0 Å². The molecule has 1 amide bonds. The van der Waals surface area contributed by atoms with Gasteiger partial charge in [-0.2, -0.15) is 10.2 Å². The molecule has 0 spiro atoms. The van der Waals surface area contributed by atoms with Crippen molar-refractivity contribution in [3.8, 4) is 11.4 Å². The lowest BCUT2D eigenvalue weighted by molar-refractivity contribution is -0.130. The summed E-state index contributed by atoms with van der Waals surface area (Å²) in [5, 5.41) is 21.8. The Labute approximate surface area is 141 Å². The molecule has 0 unspecified atom stereocenters. The normalized spacial score (nSPS) is 21.3. The first-order valence-electron chi connectivity index (χ1n) is 8.07. The Hall–Kier alpha value is -2.19. The molecule has 130 valence electrons. The van der Waals surface area contributed by atoms with E-state index in [-0.39, 0.29) is 11.8 Å². The number of β-amino-alcohol motifs (C(OH)–C–C–N with tert-alkyl or cyclic N) is 1. The number of rotatable bonds is 5. The molecule has 3 heterocycles. The van der Waals surface area contributed by atoms with Gasteiger partial charge in [0.1, 0.15) is 5.69 Å². The lowest BCUT2D eigenvalue weighted by Crippen LogP contribution is -2.28. The van der Waals surface area contributed by atoms with Crippen molar-refractivity contribution in [1.29, 1.82) is 0 Å². The first-order chi connectivity index (χ1) is 11.4. The van der Waals surface area contributed by atoms with Crippen LogP contribution in [0.1, 0.15) is 12.0 Å². The molecule has 1 saturated heterocycles. The van der Waals surface area contributed by atoms with Crippen molar-refractivity contribution in [2.24, 2.45) is 13.0 Å². The monoisotopic (exact) mass is 332 g/mol. The minimum atomic E-state index is -0.473. The Morgan fingerprint density at radius 3 is 2.92 bits per heavy atom. The van der Waals surface area contributed by atoms with E-state index in [4.69, 9.17) is 0 Å². The number of nitrogens with one attached hydrogen (secondary N) is 1. The minimum Gasteiger partial charge on any atom is -0.391 e. The van der Waals surface area contributed by atoms with E-state index in [0.29, 0.717) is 26.1 Å². The van der Waals surface area contributed by atoms with Gasteiger partial charge in [0.15, 0.2) is 0 Å². The molecule has 1 aliphatic rings. The third kappa shape index (κ3) is 3.49. The molecule has 2 atom stereocenters. The van der Waals surface area contributed by atoms with E-state index in [1.165, 1.54) is 0 Å². The van der Waals surface area contributed by atoms with Gasteiger partial charge in [-0.15, -0.1) is 0 Å². The lowest BCUT2D eigenvalue weighted by atomic mass is 10.0. The summed E-state index contributed by atoms with van der Waals surface area (Å²) in [4.78, 5) is 15.6. The largest absolute Gasteiger partial charge is 0.391 e. The zero-order valence-corrected chi connectivity index (χ0v) is 14.3. The summed E-state index contributed by atoms with van der Waals surface area (Å²) in [5.41, 5.74) is 2.79. The molecule has 0 aromatic carbocycles. The number of nitrogens with zero attached hydrogens (tertiary/aromatic N) is 5. The van der Waals surface area contributed by atoms with Crippen LogP contribution in [0, 0.1) is 5.92 Å². The van der Waals surface area contributed by atoms with E-state index in [9.17, 15) is 9.90 Å². The number of aromatic nitrogens is 4. The number of hydrogen-bond acceptors (Lipinski definition) is 5. The Morgan fingerprint density at radius 1 is 1.46 bits per heavy atom. The Balaban J connectivity index is 1.66. The molecule has 1 aliphatic heterocycles. The molecule has 0 aliphatic carbocycles. The van der Waals surface area contributed by atoms with Crippen molar-refractivity contribution >= 4 is 5.91 Å². The SMILES string of the molecule is CN(C)C(=O)C[C@@H]1CN(Cc2cn[nH]c2-c2ccn(C)n2)C[C@H]1O. The average Bonchev–Trinajstić information content (AvgIpc) is 3.21. The van der Waals surface area contributed by atoms with Crippen LogP contribution in [0.3, 0.4) is 0 Å². The van der Waals surface area contributed by atoms with Crippen LogP contribution in [0.2, 0.25) is 0 Å². The highest BCUT2D eigenvalue weighted by atomic mass is 16.3.